The summed E-state index contributed by atoms with van der Waals surface area (Å²) in [6, 6.07) is 3.74. The van der Waals surface area contributed by atoms with Gasteiger partial charge in [0.25, 0.3) is 0 Å². The quantitative estimate of drug-likeness (QED) is 0.767. The Balaban J connectivity index is 2.10. The number of hydrogen-bond donors (Lipinski definition) is 1. The number of hydrogen-bond acceptors (Lipinski definition) is 5. The monoisotopic (exact) mass is 337 g/mol. The van der Waals surface area contributed by atoms with Crippen molar-refractivity contribution < 1.29 is 14.3 Å². The number of anilines is 1. The highest BCUT2D eigenvalue weighted by Gasteiger charge is 2.35. The van der Waals surface area contributed by atoms with Crippen LogP contribution in [0.3, 0.4) is 0 Å². The van der Waals surface area contributed by atoms with Gasteiger partial charge in [-0.2, -0.15) is 0 Å². The molecule has 2 rings (SSSR count). The maximum absolute atomic E-state index is 12.8. The summed E-state index contributed by atoms with van der Waals surface area (Å²) in [5, 5.41) is 3.14. The Labute approximate surface area is 141 Å². The molecular weight excluding hydrogens is 314 g/mol. The second-order valence-electron chi connectivity index (χ2n) is 5.82. The standard InChI is InChI=1S/C16H23N3O3S/c1-11(2)10-19-12-5-4-6-18-15(12)23-13(16(19)21)9-14(20)17-7-8-22-3/h4-6,11,13H,7-10H2,1-3H3,(H,17,20). The number of fused-ring (bicyclic) bond motifs is 1. The van der Waals surface area contributed by atoms with Crippen LogP contribution in [0.5, 0.6) is 0 Å². The Morgan fingerprint density at radius 1 is 1.52 bits per heavy atom. The molecule has 6 nitrogen and oxygen atoms in total. The van der Waals surface area contributed by atoms with Crippen LogP contribution in [-0.2, 0) is 14.3 Å². The van der Waals surface area contributed by atoms with Gasteiger partial charge < -0.3 is 15.0 Å². The summed E-state index contributed by atoms with van der Waals surface area (Å²) in [5.74, 6) is 0.175. The molecule has 0 bridgehead atoms. The molecular formula is C16H23N3O3S. The fourth-order valence-corrected chi connectivity index (χ4v) is 3.52. The molecule has 1 aromatic heterocycles. The molecule has 0 radical (unpaired) electrons. The Hall–Kier alpha value is -1.60. The third-order valence-electron chi connectivity index (χ3n) is 3.38. The summed E-state index contributed by atoms with van der Waals surface area (Å²) >= 11 is 1.37. The lowest BCUT2D eigenvalue weighted by atomic mass is 10.1. The second kappa shape index (κ2) is 8.31. The summed E-state index contributed by atoms with van der Waals surface area (Å²) in [6.07, 6.45) is 1.86. The molecule has 126 valence electrons. The lowest BCUT2D eigenvalue weighted by Gasteiger charge is -2.33. The molecule has 1 unspecified atom stereocenters. The predicted octanol–water partition coefficient (Wildman–Crippen LogP) is 1.70. The first-order chi connectivity index (χ1) is 11.0. The van der Waals surface area contributed by atoms with E-state index in [1.807, 2.05) is 12.1 Å². The maximum Gasteiger partial charge on any atom is 0.241 e. The highest BCUT2D eigenvalue weighted by Crippen LogP contribution is 2.38. The van der Waals surface area contributed by atoms with Crippen molar-refractivity contribution >= 4 is 29.3 Å². The third-order valence-corrected chi connectivity index (χ3v) is 4.57. The third kappa shape index (κ3) is 4.68. The summed E-state index contributed by atoms with van der Waals surface area (Å²) in [5.41, 5.74) is 0.840. The highest BCUT2D eigenvalue weighted by molar-refractivity contribution is 8.00. The lowest BCUT2D eigenvalue weighted by Crippen LogP contribution is -2.45. The van der Waals surface area contributed by atoms with E-state index in [2.05, 4.69) is 24.1 Å². The number of carbonyl (C=O) groups excluding carboxylic acids is 2. The molecule has 0 aliphatic carbocycles. The molecule has 2 heterocycles. The van der Waals surface area contributed by atoms with Gasteiger partial charge >= 0.3 is 0 Å². The van der Waals surface area contributed by atoms with Crippen LogP contribution < -0.4 is 10.2 Å². The lowest BCUT2D eigenvalue weighted by molar-refractivity contribution is -0.125. The number of pyridine rings is 1. The van der Waals surface area contributed by atoms with E-state index in [-0.39, 0.29) is 18.2 Å². The number of rotatable bonds is 7. The second-order valence-corrected chi connectivity index (χ2v) is 7.02. The van der Waals surface area contributed by atoms with Crippen molar-refractivity contribution in [3.8, 4) is 0 Å². The van der Waals surface area contributed by atoms with Gasteiger partial charge in [-0.25, -0.2) is 4.98 Å². The van der Waals surface area contributed by atoms with Crippen LogP contribution in [0, 0.1) is 5.92 Å². The Bertz CT molecular complexity index is 565. The van der Waals surface area contributed by atoms with Crippen LogP contribution in [-0.4, -0.2) is 48.9 Å². The van der Waals surface area contributed by atoms with E-state index in [4.69, 9.17) is 4.74 Å². The summed E-state index contributed by atoms with van der Waals surface area (Å²) < 4.78 is 4.91. The van der Waals surface area contributed by atoms with E-state index < -0.39 is 5.25 Å². The minimum atomic E-state index is -0.432. The number of methoxy groups -OCH3 is 1. The minimum Gasteiger partial charge on any atom is -0.383 e. The zero-order valence-electron chi connectivity index (χ0n) is 13.7. The molecule has 1 atom stereocenters. The first-order valence-electron chi connectivity index (χ1n) is 7.71. The zero-order chi connectivity index (χ0) is 16.8. The van der Waals surface area contributed by atoms with Gasteiger partial charge in [0.15, 0.2) is 0 Å². The van der Waals surface area contributed by atoms with Gasteiger partial charge in [0.05, 0.1) is 17.5 Å². The van der Waals surface area contributed by atoms with Crippen molar-refractivity contribution in [2.75, 3.05) is 31.7 Å². The normalized spacial score (nSPS) is 17.3. The number of thioether (sulfide) groups is 1. The van der Waals surface area contributed by atoms with E-state index in [1.54, 1.807) is 18.2 Å². The first-order valence-corrected chi connectivity index (χ1v) is 8.59. The van der Waals surface area contributed by atoms with Crippen LogP contribution >= 0.6 is 11.8 Å². The average Bonchev–Trinajstić information content (AvgIpc) is 2.51. The Morgan fingerprint density at radius 2 is 2.30 bits per heavy atom. The van der Waals surface area contributed by atoms with E-state index in [0.717, 1.165) is 10.7 Å². The van der Waals surface area contributed by atoms with Gasteiger partial charge in [-0.05, 0) is 18.1 Å². The Morgan fingerprint density at radius 3 is 3.00 bits per heavy atom. The number of amides is 2. The molecule has 0 saturated carbocycles. The van der Waals surface area contributed by atoms with Gasteiger partial charge in [0, 0.05) is 32.8 Å². The summed E-state index contributed by atoms with van der Waals surface area (Å²) in [6.45, 7) is 5.67. The zero-order valence-corrected chi connectivity index (χ0v) is 14.6. The van der Waals surface area contributed by atoms with Crippen LogP contribution in [0.2, 0.25) is 0 Å². The van der Waals surface area contributed by atoms with Crippen molar-refractivity contribution in [2.24, 2.45) is 5.92 Å². The number of nitrogens with zero attached hydrogens (tertiary/aromatic N) is 2. The molecule has 1 N–H and O–H groups in total. The van der Waals surface area contributed by atoms with Crippen LogP contribution in [0.15, 0.2) is 23.4 Å². The molecule has 23 heavy (non-hydrogen) atoms. The summed E-state index contributed by atoms with van der Waals surface area (Å²) in [7, 11) is 1.58. The van der Waals surface area contributed by atoms with Gasteiger partial charge in [0.2, 0.25) is 11.8 Å². The van der Waals surface area contributed by atoms with Crippen molar-refractivity contribution in [3.63, 3.8) is 0 Å². The van der Waals surface area contributed by atoms with Gasteiger partial charge in [-0.1, -0.05) is 25.6 Å². The van der Waals surface area contributed by atoms with E-state index >= 15 is 0 Å². The molecule has 1 aromatic rings. The fraction of sp³-hybridized carbons (Fsp3) is 0.562. The number of carbonyl (C=O) groups is 2. The molecule has 0 fully saturated rings. The molecule has 2 amide bonds. The molecule has 1 aliphatic rings. The smallest absolute Gasteiger partial charge is 0.241 e. The molecule has 0 spiro atoms. The number of aromatic nitrogens is 1. The van der Waals surface area contributed by atoms with Crippen molar-refractivity contribution in [2.45, 2.75) is 30.5 Å². The summed E-state index contributed by atoms with van der Waals surface area (Å²) in [4.78, 5) is 30.9. The van der Waals surface area contributed by atoms with E-state index in [9.17, 15) is 9.59 Å². The predicted molar refractivity (Wildman–Crippen MR) is 90.6 cm³/mol. The van der Waals surface area contributed by atoms with Gasteiger partial charge in [-0.15, -0.1) is 0 Å². The van der Waals surface area contributed by atoms with Crippen LogP contribution in [0.4, 0.5) is 5.69 Å². The van der Waals surface area contributed by atoms with Crippen molar-refractivity contribution in [3.05, 3.63) is 18.3 Å². The van der Waals surface area contributed by atoms with Gasteiger partial charge in [-0.3, -0.25) is 9.59 Å². The molecule has 1 aliphatic heterocycles. The van der Waals surface area contributed by atoms with E-state index in [0.29, 0.717) is 25.6 Å². The topological polar surface area (TPSA) is 71.5 Å². The molecule has 0 aromatic carbocycles. The first kappa shape index (κ1) is 17.7. The van der Waals surface area contributed by atoms with Crippen LogP contribution in [0.1, 0.15) is 20.3 Å². The van der Waals surface area contributed by atoms with Gasteiger partial charge in [0.1, 0.15) is 5.03 Å². The maximum atomic E-state index is 12.8. The Kier molecular flexibility index (Phi) is 6.41. The number of nitrogens with one attached hydrogen (secondary N) is 1. The highest BCUT2D eigenvalue weighted by atomic mass is 32.2. The largest absolute Gasteiger partial charge is 0.383 e. The van der Waals surface area contributed by atoms with Crippen LogP contribution in [0.25, 0.3) is 0 Å². The minimum absolute atomic E-state index is 0.0221. The molecule has 0 saturated heterocycles. The van der Waals surface area contributed by atoms with E-state index in [1.165, 1.54) is 11.8 Å². The average molecular weight is 337 g/mol. The van der Waals surface area contributed by atoms with Crippen molar-refractivity contribution in [1.82, 2.24) is 10.3 Å². The fourth-order valence-electron chi connectivity index (χ4n) is 2.37. The molecule has 7 heteroatoms. The number of ether oxygens (including phenoxy) is 1. The van der Waals surface area contributed by atoms with Crippen molar-refractivity contribution in [1.29, 1.82) is 0 Å². The SMILES string of the molecule is COCCNC(=O)CC1Sc2ncccc2N(CC(C)C)C1=O.